The van der Waals surface area contributed by atoms with Crippen molar-refractivity contribution in [1.82, 2.24) is 5.32 Å². The minimum absolute atomic E-state index is 0.0523. The smallest absolute Gasteiger partial charge is 0.126 e. The Bertz CT molecular complexity index is 390. The summed E-state index contributed by atoms with van der Waals surface area (Å²) in [7, 11) is 0. The molecule has 0 aliphatic heterocycles. The molecule has 0 aliphatic rings. The van der Waals surface area contributed by atoms with Gasteiger partial charge >= 0.3 is 0 Å². The van der Waals surface area contributed by atoms with E-state index in [1.165, 1.54) is 12.1 Å². The van der Waals surface area contributed by atoms with Crippen LogP contribution in [0.4, 0.5) is 8.78 Å². The fourth-order valence-electron chi connectivity index (χ4n) is 1.69. The van der Waals surface area contributed by atoms with Crippen molar-refractivity contribution in [1.29, 1.82) is 0 Å². The molecule has 1 aromatic carbocycles. The van der Waals surface area contributed by atoms with Gasteiger partial charge in [-0.2, -0.15) is 0 Å². The van der Waals surface area contributed by atoms with Gasteiger partial charge in [0.2, 0.25) is 0 Å². The molecule has 102 valence electrons. The van der Waals surface area contributed by atoms with Gasteiger partial charge in [0.05, 0.1) is 5.60 Å². The highest BCUT2D eigenvalue weighted by molar-refractivity contribution is 5.23. The van der Waals surface area contributed by atoms with Crippen LogP contribution in [0.3, 0.4) is 0 Å². The average molecular weight is 257 g/mol. The molecule has 4 heteroatoms. The lowest BCUT2D eigenvalue weighted by Gasteiger charge is -2.27. The highest BCUT2D eigenvalue weighted by Gasteiger charge is 2.24. The van der Waals surface area contributed by atoms with E-state index in [2.05, 4.69) is 5.32 Å². The van der Waals surface area contributed by atoms with E-state index in [1.54, 1.807) is 6.92 Å². The molecule has 18 heavy (non-hydrogen) atoms. The van der Waals surface area contributed by atoms with Crippen molar-refractivity contribution in [3.05, 3.63) is 35.4 Å². The number of hydrogen-bond acceptors (Lipinski definition) is 2. The molecule has 0 aliphatic carbocycles. The van der Waals surface area contributed by atoms with Crippen LogP contribution in [0, 0.1) is 11.6 Å². The average Bonchev–Trinajstić information content (AvgIpc) is 2.13. The first-order valence-electron chi connectivity index (χ1n) is 6.04. The van der Waals surface area contributed by atoms with Crippen molar-refractivity contribution in [3.63, 3.8) is 0 Å². The SMILES string of the molecule is CC(C)(C)NCCC(C)(O)c1cc(F)cc(F)c1. The van der Waals surface area contributed by atoms with Crippen LogP contribution >= 0.6 is 0 Å². The lowest BCUT2D eigenvalue weighted by atomic mass is 9.92. The molecule has 0 heterocycles. The first-order valence-corrected chi connectivity index (χ1v) is 6.04. The second-order valence-electron chi connectivity index (χ2n) is 5.86. The Morgan fingerprint density at radius 3 is 2.00 bits per heavy atom. The lowest BCUT2D eigenvalue weighted by Crippen LogP contribution is -2.39. The molecule has 0 amide bonds. The van der Waals surface area contributed by atoms with Crippen LogP contribution in [0.15, 0.2) is 18.2 Å². The van der Waals surface area contributed by atoms with Crippen molar-refractivity contribution >= 4 is 0 Å². The summed E-state index contributed by atoms with van der Waals surface area (Å²) in [5, 5.41) is 13.5. The third-order valence-electron chi connectivity index (χ3n) is 2.75. The van der Waals surface area contributed by atoms with Crippen LogP contribution in [0.2, 0.25) is 0 Å². The van der Waals surface area contributed by atoms with Gasteiger partial charge < -0.3 is 10.4 Å². The number of halogens is 2. The Labute approximate surface area is 107 Å². The Morgan fingerprint density at radius 1 is 1.06 bits per heavy atom. The molecule has 0 spiro atoms. The maximum absolute atomic E-state index is 13.1. The highest BCUT2D eigenvalue weighted by Crippen LogP contribution is 2.25. The quantitative estimate of drug-likeness (QED) is 0.869. The summed E-state index contributed by atoms with van der Waals surface area (Å²) in [6, 6.07) is 3.13. The van der Waals surface area contributed by atoms with Gasteiger partial charge in [0.25, 0.3) is 0 Å². The molecule has 0 radical (unpaired) electrons. The molecule has 1 unspecified atom stereocenters. The van der Waals surface area contributed by atoms with E-state index in [1.807, 2.05) is 20.8 Å². The van der Waals surface area contributed by atoms with Crippen LogP contribution < -0.4 is 5.32 Å². The van der Waals surface area contributed by atoms with Gasteiger partial charge in [0.1, 0.15) is 11.6 Å². The molecule has 0 saturated heterocycles. The largest absolute Gasteiger partial charge is 0.385 e. The van der Waals surface area contributed by atoms with E-state index >= 15 is 0 Å². The summed E-state index contributed by atoms with van der Waals surface area (Å²) in [5.74, 6) is -1.34. The normalized spacial score (nSPS) is 15.5. The predicted molar refractivity (Wildman–Crippen MR) is 68.3 cm³/mol. The van der Waals surface area contributed by atoms with Crippen molar-refractivity contribution < 1.29 is 13.9 Å². The summed E-state index contributed by atoms with van der Waals surface area (Å²) < 4.78 is 26.2. The number of rotatable bonds is 4. The van der Waals surface area contributed by atoms with Gasteiger partial charge in [-0.25, -0.2) is 8.78 Å². The molecule has 0 aromatic heterocycles. The summed E-state index contributed by atoms with van der Waals surface area (Å²) in [5.41, 5.74) is -1.04. The highest BCUT2D eigenvalue weighted by atomic mass is 19.1. The van der Waals surface area contributed by atoms with E-state index in [4.69, 9.17) is 0 Å². The van der Waals surface area contributed by atoms with Gasteiger partial charge in [0.15, 0.2) is 0 Å². The van der Waals surface area contributed by atoms with Gasteiger partial charge in [0, 0.05) is 11.6 Å². The van der Waals surface area contributed by atoms with Crippen LogP contribution in [-0.4, -0.2) is 17.2 Å². The third kappa shape index (κ3) is 4.70. The molecule has 1 atom stereocenters. The molecule has 1 rings (SSSR count). The summed E-state index contributed by atoms with van der Waals surface area (Å²) in [6.45, 7) is 8.18. The summed E-state index contributed by atoms with van der Waals surface area (Å²) >= 11 is 0. The number of aliphatic hydroxyl groups is 1. The topological polar surface area (TPSA) is 32.3 Å². The maximum Gasteiger partial charge on any atom is 0.126 e. The van der Waals surface area contributed by atoms with E-state index < -0.39 is 17.2 Å². The predicted octanol–water partition coefficient (Wildman–Crippen LogP) is 2.95. The van der Waals surface area contributed by atoms with Crippen LogP contribution in [0.5, 0.6) is 0 Å². The fourth-order valence-corrected chi connectivity index (χ4v) is 1.69. The van der Waals surface area contributed by atoms with Gasteiger partial charge in [-0.1, -0.05) is 0 Å². The van der Waals surface area contributed by atoms with Crippen molar-refractivity contribution in [3.8, 4) is 0 Å². The van der Waals surface area contributed by atoms with Crippen molar-refractivity contribution in [2.45, 2.75) is 45.3 Å². The minimum Gasteiger partial charge on any atom is -0.385 e. The molecule has 0 saturated carbocycles. The standard InChI is InChI=1S/C14H21F2NO/c1-13(2,3)17-6-5-14(4,18)10-7-11(15)9-12(16)8-10/h7-9,17-18H,5-6H2,1-4H3. The van der Waals surface area contributed by atoms with Gasteiger partial charge in [-0.3, -0.25) is 0 Å². The van der Waals surface area contributed by atoms with E-state index in [9.17, 15) is 13.9 Å². The monoisotopic (exact) mass is 257 g/mol. The zero-order valence-electron chi connectivity index (χ0n) is 11.3. The zero-order valence-corrected chi connectivity index (χ0v) is 11.3. The van der Waals surface area contributed by atoms with E-state index in [-0.39, 0.29) is 11.1 Å². The van der Waals surface area contributed by atoms with E-state index in [0.717, 1.165) is 6.07 Å². The van der Waals surface area contributed by atoms with Crippen molar-refractivity contribution in [2.24, 2.45) is 0 Å². The van der Waals surface area contributed by atoms with Crippen LogP contribution in [0.25, 0.3) is 0 Å². The fraction of sp³-hybridized carbons (Fsp3) is 0.571. The molecule has 2 nitrogen and oxygen atoms in total. The lowest BCUT2D eigenvalue weighted by molar-refractivity contribution is 0.0457. The second-order valence-corrected chi connectivity index (χ2v) is 5.86. The second kappa shape index (κ2) is 5.33. The first kappa shape index (κ1) is 15.1. The van der Waals surface area contributed by atoms with Gasteiger partial charge in [-0.05, 0) is 58.4 Å². The van der Waals surface area contributed by atoms with Crippen molar-refractivity contribution in [2.75, 3.05) is 6.54 Å². The number of nitrogens with one attached hydrogen (secondary N) is 1. The Hall–Kier alpha value is -1.00. The zero-order chi connectivity index (χ0) is 14.0. The summed E-state index contributed by atoms with van der Waals surface area (Å²) in [4.78, 5) is 0. The Morgan fingerprint density at radius 2 is 1.56 bits per heavy atom. The van der Waals surface area contributed by atoms with Gasteiger partial charge in [-0.15, -0.1) is 0 Å². The molecular formula is C14H21F2NO. The summed E-state index contributed by atoms with van der Waals surface area (Å²) in [6.07, 6.45) is 0.382. The molecule has 2 N–H and O–H groups in total. The molecule has 0 bridgehead atoms. The molecular weight excluding hydrogens is 236 g/mol. The maximum atomic E-state index is 13.1. The molecule has 1 aromatic rings. The Balaban J connectivity index is 2.73. The van der Waals surface area contributed by atoms with E-state index in [0.29, 0.717) is 13.0 Å². The third-order valence-corrected chi connectivity index (χ3v) is 2.75. The van der Waals surface area contributed by atoms with Crippen LogP contribution in [0.1, 0.15) is 39.7 Å². The number of hydrogen-bond donors (Lipinski definition) is 2. The minimum atomic E-state index is -1.25. The Kier molecular flexibility index (Phi) is 4.46. The first-order chi connectivity index (χ1) is 8.10. The number of benzene rings is 1. The molecule has 0 fully saturated rings. The van der Waals surface area contributed by atoms with Crippen LogP contribution in [-0.2, 0) is 5.60 Å².